The fourth-order valence-corrected chi connectivity index (χ4v) is 4.18. The number of benzene rings is 1. The Bertz CT molecular complexity index is 891. The number of hydrogen-bond donors (Lipinski definition) is 1. The Balaban J connectivity index is 1.57. The molecule has 7 heteroatoms. The van der Waals surface area contributed by atoms with E-state index in [0.717, 1.165) is 32.4 Å². The van der Waals surface area contributed by atoms with Crippen molar-refractivity contribution in [3.05, 3.63) is 53.7 Å². The van der Waals surface area contributed by atoms with Crippen molar-refractivity contribution in [1.82, 2.24) is 9.88 Å². The fourth-order valence-electron chi connectivity index (χ4n) is 3.32. The van der Waals surface area contributed by atoms with Gasteiger partial charge in [0.1, 0.15) is 0 Å². The number of rotatable bonds is 8. The van der Waals surface area contributed by atoms with Gasteiger partial charge in [0.2, 0.25) is 5.91 Å². The third-order valence-electron chi connectivity index (χ3n) is 4.97. The van der Waals surface area contributed by atoms with E-state index in [2.05, 4.69) is 10.3 Å². The van der Waals surface area contributed by atoms with E-state index in [4.69, 9.17) is 0 Å². The SMILES string of the molecule is CCCC(=O)Nc1ccc(C(=O)C(C)Sc2ccc(C(=O)N3CCCC3)cn2)cc1. The molecule has 3 rings (SSSR count). The molecule has 0 saturated carbocycles. The maximum Gasteiger partial charge on any atom is 0.255 e. The van der Waals surface area contributed by atoms with E-state index >= 15 is 0 Å². The highest BCUT2D eigenvalue weighted by Gasteiger charge is 2.21. The number of nitrogens with zero attached hydrogens (tertiary/aromatic N) is 2. The third kappa shape index (κ3) is 5.69. The number of likely N-dealkylation sites (tertiary alicyclic amines) is 1. The van der Waals surface area contributed by atoms with Crippen molar-refractivity contribution >= 4 is 35.0 Å². The van der Waals surface area contributed by atoms with Crippen LogP contribution in [0, 0.1) is 0 Å². The molecular weight excluding hydrogens is 398 g/mol. The van der Waals surface area contributed by atoms with Crippen molar-refractivity contribution in [3.8, 4) is 0 Å². The van der Waals surface area contributed by atoms with Gasteiger partial charge in [-0.25, -0.2) is 4.98 Å². The van der Waals surface area contributed by atoms with E-state index in [1.54, 1.807) is 42.6 Å². The van der Waals surface area contributed by atoms with Gasteiger partial charge in [-0.2, -0.15) is 0 Å². The number of carbonyl (C=O) groups is 3. The second-order valence-electron chi connectivity index (χ2n) is 7.38. The minimum absolute atomic E-state index is 0.00884. The third-order valence-corrected chi connectivity index (χ3v) is 6.02. The molecule has 1 aromatic heterocycles. The lowest BCUT2D eigenvalue weighted by Gasteiger charge is -2.15. The van der Waals surface area contributed by atoms with Crippen molar-refractivity contribution in [3.63, 3.8) is 0 Å². The molecule has 1 aliphatic heterocycles. The Morgan fingerprint density at radius 2 is 1.73 bits per heavy atom. The lowest BCUT2D eigenvalue weighted by atomic mass is 10.1. The zero-order chi connectivity index (χ0) is 21.5. The number of carbonyl (C=O) groups excluding carboxylic acids is 3. The van der Waals surface area contributed by atoms with Gasteiger partial charge in [0.25, 0.3) is 5.91 Å². The van der Waals surface area contributed by atoms with Crippen molar-refractivity contribution in [2.24, 2.45) is 0 Å². The van der Waals surface area contributed by atoms with Gasteiger partial charge in [0.05, 0.1) is 15.8 Å². The van der Waals surface area contributed by atoms with Gasteiger partial charge >= 0.3 is 0 Å². The van der Waals surface area contributed by atoms with Crippen molar-refractivity contribution in [1.29, 1.82) is 0 Å². The second kappa shape index (κ2) is 10.4. The highest BCUT2D eigenvalue weighted by Crippen LogP contribution is 2.25. The largest absolute Gasteiger partial charge is 0.339 e. The van der Waals surface area contributed by atoms with Crippen LogP contribution in [-0.2, 0) is 4.79 Å². The van der Waals surface area contributed by atoms with Crippen LogP contribution in [0.25, 0.3) is 0 Å². The molecule has 6 nitrogen and oxygen atoms in total. The van der Waals surface area contributed by atoms with Gasteiger partial charge in [0.15, 0.2) is 5.78 Å². The van der Waals surface area contributed by atoms with Crippen LogP contribution in [0.1, 0.15) is 60.2 Å². The molecule has 0 aliphatic carbocycles. The summed E-state index contributed by atoms with van der Waals surface area (Å²) in [4.78, 5) is 43.0. The summed E-state index contributed by atoms with van der Waals surface area (Å²) < 4.78 is 0. The van der Waals surface area contributed by atoms with Crippen LogP contribution in [0.2, 0.25) is 0 Å². The van der Waals surface area contributed by atoms with Gasteiger partial charge in [-0.05, 0) is 62.6 Å². The summed E-state index contributed by atoms with van der Waals surface area (Å²) in [5.74, 6) is -0.0181. The maximum atomic E-state index is 12.7. The zero-order valence-corrected chi connectivity index (χ0v) is 18.2. The molecule has 0 bridgehead atoms. The minimum Gasteiger partial charge on any atom is -0.339 e. The number of ketones is 1. The van der Waals surface area contributed by atoms with Gasteiger partial charge < -0.3 is 10.2 Å². The van der Waals surface area contributed by atoms with Gasteiger partial charge in [-0.3, -0.25) is 14.4 Å². The standard InChI is InChI=1S/C23H27N3O3S/c1-3-6-20(27)25-19-10-7-17(8-11-19)22(28)16(2)30-21-12-9-18(15-24-21)23(29)26-13-4-5-14-26/h7-12,15-16H,3-6,13-14H2,1-2H3,(H,25,27). The normalized spacial score (nSPS) is 14.4. The molecule has 0 spiro atoms. The molecule has 2 aromatic rings. The number of hydrogen-bond acceptors (Lipinski definition) is 5. The Morgan fingerprint density at radius 1 is 1.07 bits per heavy atom. The van der Waals surface area contributed by atoms with Gasteiger partial charge in [-0.15, -0.1) is 0 Å². The Labute approximate surface area is 181 Å². The molecule has 1 aromatic carbocycles. The molecule has 1 N–H and O–H groups in total. The van der Waals surface area contributed by atoms with E-state index in [9.17, 15) is 14.4 Å². The van der Waals surface area contributed by atoms with Crippen LogP contribution in [0.4, 0.5) is 5.69 Å². The summed E-state index contributed by atoms with van der Waals surface area (Å²) >= 11 is 1.37. The first kappa shape index (κ1) is 22.0. The summed E-state index contributed by atoms with van der Waals surface area (Å²) in [5.41, 5.74) is 1.86. The van der Waals surface area contributed by atoms with E-state index < -0.39 is 0 Å². The maximum absolute atomic E-state index is 12.7. The lowest BCUT2D eigenvalue weighted by Crippen LogP contribution is -2.27. The molecule has 1 saturated heterocycles. The van der Waals surface area contributed by atoms with Crippen LogP contribution in [-0.4, -0.2) is 45.8 Å². The molecule has 1 unspecified atom stereocenters. The number of Topliss-reactive ketones (excluding diaryl/α,β-unsaturated/α-hetero) is 1. The summed E-state index contributed by atoms with van der Waals surface area (Å²) in [7, 11) is 0. The highest BCUT2D eigenvalue weighted by atomic mass is 32.2. The number of nitrogens with one attached hydrogen (secondary N) is 1. The molecule has 30 heavy (non-hydrogen) atoms. The summed E-state index contributed by atoms with van der Waals surface area (Å²) in [5, 5.41) is 3.20. The molecule has 0 radical (unpaired) electrons. The molecular formula is C23H27N3O3S. The van der Waals surface area contributed by atoms with Crippen molar-refractivity contribution in [2.45, 2.75) is 49.8 Å². The average molecular weight is 426 g/mol. The molecule has 1 aliphatic rings. The number of pyridine rings is 1. The van der Waals surface area contributed by atoms with Crippen molar-refractivity contribution < 1.29 is 14.4 Å². The van der Waals surface area contributed by atoms with Crippen LogP contribution < -0.4 is 5.32 Å². The Kier molecular flexibility index (Phi) is 7.63. The predicted octanol–water partition coefficient (Wildman–Crippen LogP) is 4.42. The van der Waals surface area contributed by atoms with E-state index in [1.165, 1.54) is 11.8 Å². The average Bonchev–Trinajstić information content (AvgIpc) is 3.29. The van der Waals surface area contributed by atoms with E-state index in [-0.39, 0.29) is 22.8 Å². The van der Waals surface area contributed by atoms with Crippen LogP contribution in [0.3, 0.4) is 0 Å². The number of amides is 2. The van der Waals surface area contributed by atoms with Gasteiger partial charge in [0, 0.05) is 37.0 Å². The number of anilines is 1. The lowest BCUT2D eigenvalue weighted by molar-refractivity contribution is -0.116. The first-order valence-corrected chi connectivity index (χ1v) is 11.2. The second-order valence-corrected chi connectivity index (χ2v) is 8.75. The molecule has 1 fully saturated rings. The summed E-state index contributed by atoms with van der Waals surface area (Å²) in [6.07, 6.45) is 4.97. The predicted molar refractivity (Wildman–Crippen MR) is 119 cm³/mol. The first-order chi connectivity index (χ1) is 14.5. The Hall–Kier alpha value is -2.67. The topological polar surface area (TPSA) is 79.4 Å². The smallest absolute Gasteiger partial charge is 0.255 e. The summed E-state index contributed by atoms with van der Waals surface area (Å²) in [6.45, 7) is 5.41. The number of aromatic nitrogens is 1. The molecule has 158 valence electrons. The van der Waals surface area contributed by atoms with Crippen LogP contribution in [0.5, 0.6) is 0 Å². The Morgan fingerprint density at radius 3 is 2.33 bits per heavy atom. The van der Waals surface area contributed by atoms with Crippen molar-refractivity contribution in [2.75, 3.05) is 18.4 Å². The van der Waals surface area contributed by atoms with Crippen LogP contribution in [0.15, 0.2) is 47.6 Å². The first-order valence-electron chi connectivity index (χ1n) is 10.3. The van der Waals surface area contributed by atoms with Crippen LogP contribution >= 0.6 is 11.8 Å². The molecule has 1 atom stereocenters. The monoisotopic (exact) mass is 425 g/mol. The number of thioether (sulfide) groups is 1. The summed E-state index contributed by atoms with van der Waals surface area (Å²) in [6, 6.07) is 10.5. The fraction of sp³-hybridized carbons (Fsp3) is 0.391. The van der Waals surface area contributed by atoms with E-state index in [1.807, 2.05) is 18.7 Å². The van der Waals surface area contributed by atoms with Gasteiger partial charge in [-0.1, -0.05) is 18.7 Å². The quantitative estimate of drug-likeness (QED) is 0.500. The molecule has 2 amide bonds. The highest BCUT2D eigenvalue weighted by molar-refractivity contribution is 8.00. The zero-order valence-electron chi connectivity index (χ0n) is 17.4. The molecule has 2 heterocycles. The van der Waals surface area contributed by atoms with E-state index in [0.29, 0.717) is 28.3 Å². The minimum atomic E-state index is -0.321.